The monoisotopic (exact) mass is 455 g/mol. The minimum absolute atomic E-state index is 0.0481. The van der Waals surface area contributed by atoms with Crippen LogP contribution in [0.1, 0.15) is 69.2 Å². The van der Waals surface area contributed by atoms with E-state index in [0.29, 0.717) is 30.5 Å². The van der Waals surface area contributed by atoms with Crippen LogP contribution in [0.2, 0.25) is 0 Å². The first-order chi connectivity index (χ1) is 15.9. The predicted octanol–water partition coefficient (Wildman–Crippen LogP) is 2.73. The lowest BCUT2D eigenvalue weighted by Gasteiger charge is -2.46. The largest absolute Gasteiger partial charge is 0.490 e. The highest BCUT2D eigenvalue weighted by Gasteiger charge is 2.37. The minimum Gasteiger partial charge on any atom is -0.490 e. The number of benzene rings is 1. The summed E-state index contributed by atoms with van der Waals surface area (Å²) in [7, 11) is 0. The van der Waals surface area contributed by atoms with Crippen LogP contribution in [0.5, 0.6) is 5.75 Å². The average molecular weight is 456 g/mol. The van der Waals surface area contributed by atoms with E-state index in [1.807, 2.05) is 12.1 Å². The lowest BCUT2D eigenvalue weighted by atomic mass is 9.85. The van der Waals surface area contributed by atoms with Crippen LogP contribution in [0.25, 0.3) is 0 Å². The molecule has 1 aromatic carbocycles. The molecule has 1 atom stereocenters. The van der Waals surface area contributed by atoms with Crippen molar-refractivity contribution in [1.82, 2.24) is 15.5 Å². The molecule has 1 aromatic rings. The van der Waals surface area contributed by atoms with Gasteiger partial charge < -0.3 is 15.4 Å². The normalized spacial score (nSPS) is 26.4. The van der Waals surface area contributed by atoms with Gasteiger partial charge in [-0.3, -0.25) is 19.3 Å². The Morgan fingerprint density at radius 3 is 2.45 bits per heavy atom. The SMILES string of the molecule is CC(C)N(CC1CCNCC1)C1CC(Oc2ccc(C(=O)NC3CCC(=O)CC3=O)cc2)C1. The molecule has 7 heteroatoms. The van der Waals surface area contributed by atoms with Crippen LogP contribution >= 0.6 is 0 Å². The quantitative estimate of drug-likeness (QED) is 0.586. The number of carbonyl (C=O) groups is 3. The summed E-state index contributed by atoms with van der Waals surface area (Å²) in [4.78, 5) is 38.5. The fourth-order valence-corrected chi connectivity index (χ4v) is 5.19. The lowest BCUT2D eigenvalue weighted by molar-refractivity contribution is -0.131. The summed E-state index contributed by atoms with van der Waals surface area (Å²) in [6.07, 6.45) is 5.47. The first-order valence-corrected chi connectivity index (χ1v) is 12.5. The Morgan fingerprint density at radius 1 is 1.12 bits per heavy atom. The summed E-state index contributed by atoms with van der Waals surface area (Å²) in [5, 5.41) is 6.21. The number of nitrogens with one attached hydrogen (secondary N) is 2. The van der Waals surface area contributed by atoms with Gasteiger partial charge in [-0.05, 0) is 76.4 Å². The molecule has 0 bridgehead atoms. The van der Waals surface area contributed by atoms with E-state index in [9.17, 15) is 14.4 Å². The average Bonchev–Trinajstić information content (AvgIpc) is 2.77. The molecule has 0 radical (unpaired) electrons. The lowest BCUT2D eigenvalue weighted by Crippen LogP contribution is -2.53. The molecule has 0 aromatic heterocycles. The number of amides is 1. The first-order valence-electron chi connectivity index (χ1n) is 12.5. The van der Waals surface area contributed by atoms with E-state index < -0.39 is 6.04 Å². The predicted molar refractivity (Wildman–Crippen MR) is 126 cm³/mol. The summed E-state index contributed by atoms with van der Waals surface area (Å²) in [6.45, 7) is 8.03. The maximum absolute atomic E-state index is 12.5. The zero-order chi connectivity index (χ0) is 23.4. The summed E-state index contributed by atoms with van der Waals surface area (Å²) < 4.78 is 6.15. The highest BCUT2D eigenvalue weighted by atomic mass is 16.5. The van der Waals surface area contributed by atoms with Gasteiger partial charge in [0.05, 0.1) is 12.5 Å². The van der Waals surface area contributed by atoms with Gasteiger partial charge in [0.1, 0.15) is 17.6 Å². The molecular formula is C26H37N3O4. The highest BCUT2D eigenvalue weighted by Crippen LogP contribution is 2.32. The van der Waals surface area contributed by atoms with Crippen molar-refractivity contribution in [2.75, 3.05) is 19.6 Å². The first kappa shape index (κ1) is 23.9. The summed E-state index contributed by atoms with van der Waals surface area (Å²) in [5.41, 5.74) is 0.492. The fourth-order valence-electron chi connectivity index (χ4n) is 5.19. The smallest absolute Gasteiger partial charge is 0.251 e. The number of hydrogen-bond donors (Lipinski definition) is 2. The number of nitrogens with zero attached hydrogens (tertiary/aromatic N) is 1. The third-order valence-corrected chi connectivity index (χ3v) is 7.33. The Balaban J connectivity index is 1.23. The number of piperidine rings is 1. The molecule has 180 valence electrons. The Kier molecular flexibility index (Phi) is 7.81. The molecule has 1 unspecified atom stereocenters. The maximum atomic E-state index is 12.5. The van der Waals surface area contributed by atoms with Crippen LogP contribution in [0.4, 0.5) is 0 Å². The van der Waals surface area contributed by atoms with Gasteiger partial charge in [0.15, 0.2) is 5.78 Å². The van der Waals surface area contributed by atoms with Crippen LogP contribution < -0.4 is 15.4 Å². The van der Waals surface area contributed by atoms with Gasteiger partial charge >= 0.3 is 0 Å². The topological polar surface area (TPSA) is 87.7 Å². The van der Waals surface area contributed by atoms with Crippen molar-refractivity contribution in [3.63, 3.8) is 0 Å². The number of carbonyl (C=O) groups excluding carboxylic acids is 3. The minimum atomic E-state index is -0.563. The second-order valence-electron chi connectivity index (χ2n) is 10.1. The molecule has 1 aliphatic heterocycles. The number of hydrogen-bond acceptors (Lipinski definition) is 6. The van der Waals surface area contributed by atoms with E-state index in [-0.39, 0.29) is 30.0 Å². The molecule has 2 N–H and O–H groups in total. The Labute approximate surface area is 196 Å². The van der Waals surface area contributed by atoms with Crippen LogP contribution in [0, 0.1) is 5.92 Å². The molecule has 4 rings (SSSR count). The fraction of sp³-hybridized carbons (Fsp3) is 0.654. The van der Waals surface area contributed by atoms with Gasteiger partial charge in [0.25, 0.3) is 5.91 Å². The van der Waals surface area contributed by atoms with Gasteiger partial charge in [0.2, 0.25) is 0 Å². The Morgan fingerprint density at radius 2 is 1.82 bits per heavy atom. The highest BCUT2D eigenvalue weighted by molar-refractivity contribution is 6.06. The van der Waals surface area contributed by atoms with Gasteiger partial charge in [-0.1, -0.05) is 0 Å². The van der Waals surface area contributed by atoms with E-state index in [0.717, 1.165) is 37.6 Å². The van der Waals surface area contributed by atoms with Crippen molar-refractivity contribution in [3.05, 3.63) is 29.8 Å². The third kappa shape index (κ3) is 6.21. The van der Waals surface area contributed by atoms with Crippen LogP contribution in [-0.4, -0.2) is 66.2 Å². The molecule has 3 fully saturated rings. The van der Waals surface area contributed by atoms with E-state index in [2.05, 4.69) is 29.4 Å². The zero-order valence-electron chi connectivity index (χ0n) is 19.8. The summed E-state index contributed by atoms with van der Waals surface area (Å²) in [6, 6.07) is 7.67. The van der Waals surface area contributed by atoms with Crippen molar-refractivity contribution >= 4 is 17.5 Å². The molecule has 1 amide bonds. The van der Waals surface area contributed by atoms with Crippen LogP contribution in [-0.2, 0) is 9.59 Å². The maximum Gasteiger partial charge on any atom is 0.251 e. The molecule has 33 heavy (non-hydrogen) atoms. The van der Waals surface area contributed by atoms with Crippen LogP contribution in [0.3, 0.4) is 0 Å². The number of Topliss-reactive ketones (excluding diaryl/α,β-unsaturated/α-hetero) is 2. The molecular weight excluding hydrogens is 418 g/mol. The van der Waals surface area contributed by atoms with E-state index in [1.54, 1.807) is 12.1 Å². The van der Waals surface area contributed by atoms with Gasteiger partial charge in [-0.15, -0.1) is 0 Å². The van der Waals surface area contributed by atoms with Crippen molar-refractivity contribution < 1.29 is 19.1 Å². The second kappa shape index (κ2) is 10.8. The summed E-state index contributed by atoms with van der Waals surface area (Å²) >= 11 is 0. The van der Waals surface area contributed by atoms with E-state index in [1.165, 1.54) is 19.4 Å². The van der Waals surface area contributed by atoms with Crippen LogP contribution in [0.15, 0.2) is 24.3 Å². The number of rotatable bonds is 8. The Bertz CT molecular complexity index is 842. The van der Waals surface area contributed by atoms with Crippen molar-refractivity contribution in [2.45, 2.75) is 83.0 Å². The molecule has 1 heterocycles. The van der Waals surface area contributed by atoms with Gasteiger partial charge in [0, 0.05) is 43.5 Å². The molecule has 2 aliphatic carbocycles. The summed E-state index contributed by atoms with van der Waals surface area (Å²) in [5.74, 6) is 1.02. The van der Waals surface area contributed by atoms with Gasteiger partial charge in [-0.2, -0.15) is 0 Å². The zero-order valence-corrected chi connectivity index (χ0v) is 19.8. The van der Waals surface area contributed by atoms with Gasteiger partial charge in [-0.25, -0.2) is 0 Å². The van der Waals surface area contributed by atoms with Crippen molar-refractivity contribution in [2.24, 2.45) is 5.92 Å². The van der Waals surface area contributed by atoms with Crippen molar-refractivity contribution in [3.8, 4) is 5.75 Å². The molecule has 7 nitrogen and oxygen atoms in total. The molecule has 1 saturated heterocycles. The molecule has 2 saturated carbocycles. The van der Waals surface area contributed by atoms with E-state index >= 15 is 0 Å². The number of ether oxygens (including phenoxy) is 1. The number of ketones is 2. The third-order valence-electron chi connectivity index (χ3n) is 7.33. The van der Waals surface area contributed by atoms with E-state index in [4.69, 9.17) is 4.74 Å². The Hall–Kier alpha value is -2.25. The second-order valence-corrected chi connectivity index (χ2v) is 10.1. The molecule has 0 spiro atoms. The molecule has 3 aliphatic rings. The van der Waals surface area contributed by atoms with Crippen molar-refractivity contribution in [1.29, 1.82) is 0 Å². The standard InChI is InChI=1S/C26H37N3O4/c1-17(2)29(16-18-9-11-27-12-10-18)20-13-23(14-20)33-22-6-3-19(4-7-22)26(32)28-24-8-5-21(30)15-25(24)31/h3-4,6-7,17-18,20,23-24,27H,5,8-16H2,1-2H3,(H,28,32).